The van der Waals surface area contributed by atoms with Crippen LogP contribution in [-0.4, -0.2) is 79.0 Å². The maximum atomic E-state index is 13.7. The van der Waals surface area contributed by atoms with E-state index in [1.54, 1.807) is 36.5 Å². The third-order valence-electron chi connectivity index (χ3n) is 7.25. The molecule has 14 heteroatoms. The highest BCUT2D eigenvalue weighted by molar-refractivity contribution is 5.95. The van der Waals surface area contributed by atoms with Crippen LogP contribution in [0.15, 0.2) is 73.3 Å². The van der Waals surface area contributed by atoms with E-state index in [0.29, 0.717) is 16.8 Å². The fourth-order valence-corrected chi connectivity index (χ4v) is 4.84. The number of H-pyrrole nitrogens is 2. The number of imidazole rings is 1. The first-order chi connectivity index (χ1) is 21.6. The molecule has 4 unspecified atom stereocenters. The average molecular weight is 618 g/mol. The molecule has 9 N–H and O–H groups in total. The van der Waals surface area contributed by atoms with E-state index in [1.807, 2.05) is 24.3 Å². The lowest BCUT2D eigenvalue weighted by atomic mass is 10.0. The molecule has 3 amide bonds. The standard InChI is InChI=1S/C31H35N7O7/c32-22(10-11-27(39)40)28(41)36-25(14-20-16-33-17-35-20)30(43)37-24(13-19-15-34-23-9-5-4-8-21(19)23)29(42)38-26(31(44)45)12-18-6-2-1-3-7-18/h1-9,15-17,22,24-26,34H,10-14,32H2,(H,33,35)(H,36,41)(H,37,43)(H,38,42)(H,39,40)(H,44,45). The molecule has 4 rings (SSSR count). The van der Waals surface area contributed by atoms with Crippen molar-refractivity contribution >= 4 is 40.6 Å². The van der Waals surface area contributed by atoms with Crippen molar-refractivity contribution in [2.75, 3.05) is 0 Å². The van der Waals surface area contributed by atoms with E-state index in [2.05, 4.69) is 30.9 Å². The van der Waals surface area contributed by atoms with Gasteiger partial charge in [-0.2, -0.15) is 0 Å². The molecule has 0 spiro atoms. The Morgan fingerprint density at radius 2 is 1.42 bits per heavy atom. The van der Waals surface area contributed by atoms with Crippen LogP contribution in [0, 0.1) is 0 Å². The van der Waals surface area contributed by atoms with Gasteiger partial charge in [-0.05, 0) is 23.6 Å². The number of nitrogens with zero attached hydrogens (tertiary/aromatic N) is 1. The molecule has 236 valence electrons. The number of aliphatic carboxylic acids is 2. The molecule has 0 aliphatic heterocycles. The number of aromatic amines is 2. The van der Waals surface area contributed by atoms with E-state index < -0.39 is 53.8 Å². The molecule has 0 bridgehead atoms. The minimum Gasteiger partial charge on any atom is -0.481 e. The summed E-state index contributed by atoms with van der Waals surface area (Å²) in [6.45, 7) is 0. The number of aromatic nitrogens is 3. The van der Waals surface area contributed by atoms with Gasteiger partial charge in [0.05, 0.1) is 12.4 Å². The maximum Gasteiger partial charge on any atom is 0.326 e. The molecule has 4 atom stereocenters. The van der Waals surface area contributed by atoms with Crippen molar-refractivity contribution in [2.24, 2.45) is 5.73 Å². The molecule has 0 aliphatic rings. The van der Waals surface area contributed by atoms with E-state index in [-0.39, 0.29) is 32.1 Å². The Labute approximate surface area is 257 Å². The molecular weight excluding hydrogens is 582 g/mol. The van der Waals surface area contributed by atoms with E-state index >= 15 is 0 Å². The summed E-state index contributed by atoms with van der Waals surface area (Å²) in [5.41, 5.74) is 8.59. The minimum absolute atomic E-state index is 0.00210. The summed E-state index contributed by atoms with van der Waals surface area (Å²) < 4.78 is 0. The van der Waals surface area contributed by atoms with Crippen LogP contribution in [0.1, 0.15) is 29.7 Å². The number of carbonyl (C=O) groups is 5. The van der Waals surface area contributed by atoms with Crippen molar-refractivity contribution in [1.29, 1.82) is 0 Å². The van der Waals surface area contributed by atoms with Gasteiger partial charge in [0.25, 0.3) is 0 Å². The summed E-state index contributed by atoms with van der Waals surface area (Å²) in [6.07, 6.45) is 4.06. The lowest BCUT2D eigenvalue weighted by Gasteiger charge is -2.25. The topological polar surface area (TPSA) is 232 Å². The van der Waals surface area contributed by atoms with Crippen LogP contribution in [0.3, 0.4) is 0 Å². The normalized spacial score (nSPS) is 13.7. The number of rotatable bonds is 16. The molecule has 45 heavy (non-hydrogen) atoms. The second kappa shape index (κ2) is 15.3. The van der Waals surface area contributed by atoms with Gasteiger partial charge in [0.15, 0.2) is 0 Å². The van der Waals surface area contributed by atoms with Crippen molar-refractivity contribution in [3.8, 4) is 0 Å². The number of nitrogens with two attached hydrogens (primary N) is 1. The van der Waals surface area contributed by atoms with Crippen molar-refractivity contribution in [3.05, 3.63) is 90.1 Å². The van der Waals surface area contributed by atoms with Crippen molar-refractivity contribution in [1.82, 2.24) is 30.9 Å². The number of hydrogen-bond acceptors (Lipinski definition) is 7. The molecule has 2 heterocycles. The highest BCUT2D eigenvalue weighted by atomic mass is 16.4. The fraction of sp³-hybridized carbons (Fsp3) is 0.290. The van der Waals surface area contributed by atoms with Crippen molar-refractivity contribution in [3.63, 3.8) is 0 Å². The first-order valence-electron chi connectivity index (χ1n) is 14.3. The van der Waals surface area contributed by atoms with Crippen LogP contribution in [-0.2, 0) is 43.2 Å². The van der Waals surface area contributed by atoms with Crippen molar-refractivity contribution in [2.45, 2.75) is 56.3 Å². The van der Waals surface area contributed by atoms with Gasteiger partial charge in [-0.15, -0.1) is 0 Å². The number of carboxylic acid groups (broad SMARTS) is 2. The Morgan fingerprint density at radius 3 is 2.09 bits per heavy atom. The number of para-hydroxylation sites is 1. The molecule has 0 saturated heterocycles. The monoisotopic (exact) mass is 617 g/mol. The zero-order valence-electron chi connectivity index (χ0n) is 24.2. The summed E-state index contributed by atoms with van der Waals surface area (Å²) in [4.78, 5) is 73.2. The predicted molar refractivity (Wildman–Crippen MR) is 163 cm³/mol. The van der Waals surface area contributed by atoms with Crippen LogP contribution < -0.4 is 21.7 Å². The molecule has 0 fully saturated rings. The third-order valence-corrected chi connectivity index (χ3v) is 7.25. The van der Waals surface area contributed by atoms with Gasteiger partial charge in [0.1, 0.15) is 18.1 Å². The minimum atomic E-state index is -1.28. The number of benzene rings is 2. The number of hydrogen-bond donors (Lipinski definition) is 8. The number of fused-ring (bicyclic) bond motifs is 1. The lowest BCUT2D eigenvalue weighted by Crippen LogP contribution is -2.58. The smallest absolute Gasteiger partial charge is 0.326 e. The van der Waals surface area contributed by atoms with Gasteiger partial charge in [0.2, 0.25) is 17.7 Å². The second-order valence-corrected chi connectivity index (χ2v) is 10.6. The predicted octanol–water partition coefficient (Wildman–Crippen LogP) is 0.650. The lowest BCUT2D eigenvalue weighted by molar-refractivity contribution is -0.142. The second-order valence-electron chi connectivity index (χ2n) is 10.6. The molecule has 14 nitrogen and oxygen atoms in total. The summed E-state index contributed by atoms with van der Waals surface area (Å²) in [5, 5.41) is 27.5. The zero-order chi connectivity index (χ0) is 32.3. The van der Waals surface area contributed by atoms with E-state index in [1.165, 1.54) is 12.5 Å². The Hall–Kier alpha value is -5.50. The Kier molecular flexibility index (Phi) is 11.0. The number of carboxylic acids is 2. The molecule has 4 aromatic rings. The summed E-state index contributed by atoms with van der Waals surface area (Å²) in [5.74, 6) is -4.59. The van der Waals surface area contributed by atoms with Crippen LogP contribution in [0.2, 0.25) is 0 Å². The Balaban J connectivity index is 1.58. The summed E-state index contributed by atoms with van der Waals surface area (Å²) in [7, 11) is 0. The quantitative estimate of drug-likeness (QED) is 0.0880. The van der Waals surface area contributed by atoms with Gasteiger partial charge in [0, 0.05) is 54.7 Å². The molecule has 0 radical (unpaired) electrons. The third kappa shape index (κ3) is 9.24. The van der Waals surface area contributed by atoms with Gasteiger partial charge >= 0.3 is 11.9 Å². The van der Waals surface area contributed by atoms with Crippen LogP contribution in [0.4, 0.5) is 0 Å². The van der Waals surface area contributed by atoms with E-state index in [0.717, 1.165) is 10.9 Å². The highest BCUT2D eigenvalue weighted by Gasteiger charge is 2.31. The first-order valence-corrected chi connectivity index (χ1v) is 14.3. The summed E-state index contributed by atoms with van der Waals surface area (Å²) >= 11 is 0. The van der Waals surface area contributed by atoms with E-state index in [9.17, 15) is 29.1 Å². The van der Waals surface area contributed by atoms with Crippen molar-refractivity contribution < 1.29 is 34.2 Å². The van der Waals surface area contributed by atoms with Gasteiger partial charge in [-0.1, -0.05) is 48.5 Å². The fourth-order valence-electron chi connectivity index (χ4n) is 4.84. The van der Waals surface area contributed by atoms with Gasteiger partial charge in [-0.3, -0.25) is 19.2 Å². The Bertz CT molecular complexity index is 1620. The largest absolute Gasteiger partial charge is 0.481 e. The number of amides is 3. The first kappa shape index (κ1) is 32.4. The number of carbonyl (C=O) groups excluding carboxylic acids is 3. The summed E-state index contributed by atoms with van der Waals surface area (Å²) in [6, 6.07) is 11.3. The Morgan fingerprint density at radius 1 is 0.778 bits per heavy atom. The molecule has 2 aromatic carbocycles. The SMILES string of the molecule is NC(CCC(=O)O)C(=O)NC(Cc1cnc[nH]1)C(=O)NC(Cc1c[nH]c2ccccc12)C(=O)NC(Cc1ccccc1)C(=O)O. The highest BCUT2D eigenvalue weighted by Crippen LogP contribution is 2.19. The maximum absolute atomic E-state index is 13.7. The zero-order valence-corrected chi connectivity index (χ0v) is 24.2. The van der Waals surface area contributed by atoms with Crippen LogP contribution in [0.25, 0.3) is 10.9 Å². The van der Waals surface area contributed by atoms with Gasteiger partial charge < -0.3 is 41.9 Å². The van der Waals surface area contributed by atoms with Crippen LogP contribution in [0.5, 0.6) is 0 Å². The van der Waals surface area contributed by atoms with Crippen LogP contribution >= 0.6 is 0 Å². The molecule has 0 aliphatic carbocycles. The average Bonchev–Trinajstić information content (AvgIpc) is 3.69. The van der Waals surface area contributed by atoms with E-state index in [4.69, 9.17) is 10.8 Å². The number of nitrogens with one attached hydrogen (secondary N) is 5. The molecular formula is C31H35N7O7. The molecule has 2 aromatic heterocycles. The molecule has 0 saturated carbocycles. The van der Waals surface area contributed by atoms with Gasteiger partial charge in [-0.25, -0.2) is 9.78 Å².